The number of hydrogen-bond donors (Lipinski definition) is 4. The molecule has 4 N–H and O–H groups in total. The molecule has 1 fully saturated rings. The van der Waals surface area contributed by atoms with Crippen molar-refractivity contribution < 1.29 is 9.59 Å². The molecule has 7 heteroatoms. The van der Waals surface area contributed by atoms with E-state index in [2.05, 4.69) is 40.0 Å². The molecule has 1 amide bonds. The predicted octanol–water partition coefficient (Wildman–Crippen LogP) is 5.45. The number of anilines is 4. The summed E-state index contributed by atoms with van der Waals surface area (Å²) >= 11 is 1.67. The first-order chi connectivity index (χ1) is 15.5. The topological polar surface area (TPSA) is 82.3 Å². The average Bonchev–Trinajstić information content (AvgIpc) is 3.49. The van der Waals surface area contributed by atoms with Gasteiger partial charge in [0.05, 0.1) is 18.0 Å². The summed E-state index contributed by atoms with van der Waals surface area (Å²) in [6.45, 7) is 6.69. The van der Waals surface area contributed by atoms with Gasteiger partial charge in [-0.25, -0.2) is 0 Å². The summed E-state index contributed by atoms with van der Waals surface area (Å²) in [4.78, 5) is 26.7. The number of amides is 1. The molecular weight excluding hydrogens is 420 g/mol. The summed E-state index contributed by atoms with van der Waals surface area (Å²) in [6, 6.07) is 6.16. The van der Waals surface area contributed by atoms with Crippen LogP contribution in [0.2, 0.25) is 0 Å². The van der Waals surface area contributed by atoms with Crippen LogP contribution < -0.4 is 21.3 Å². The highest BCUT2D eigenvalue weighted by Gasteiger charge is 2.35. The smallest absolute Gasteiger partial charge is 0.228 e. The maximum absolute atomic E-state index is 13.2. The van der Waals surface area contributed by atoms with Gasteiger partial charge >= 0.3 is 0 Å². The zero-order valence-corrected chi connectivity index (χ0v) is 19.3. The standard InChI is InChI=1S/C25H30N4O2S/c1-14(28-16-10-11-20-21(12-16)27-13-26-20)23-19-8-5-9-22(19)32-25(23)29-24(31)18-7-4-3-6-17(18)15(2)30/h10-12,17-18,26-28H,1,3-9,13H2,2H3,(H,29,31). The summed E-state index contributed by atoms with van der Waals surface area (Å²) in [7, 11) is 0. The molecule has 0 bridgehead atoms. The number of Topliss-reactive ketones (excluding diaryl/α,β-unsaturated/α-hetero) is 1. The lowest BCUT2D eigenvalue weighted by molar-refractivity contribution is -0.131. The zero-order chi connectivity index (χ0) is 22.2. The van der Waals surface area contributed by atoms with Crippen molar-refractivity contribution in [3.63, 3.8) is 0 Å². The third kappa shape index (κ3) is 3.90. The number of carbonyl (C=O) groups is 2. The summed E-state index contributed by atoms with van der Waals surface area (Å²) < 4.78 is 0. The molecule has 1 aliphatic heterocycles. The van der Waals surface area contributed by atoms with Crippen molar-refractivity contribution in [2.75, 3.05) is 27.9 Å². The summed E-state index contributed by atoms with van der Waals surface area (Å²) in [5.41, 5.74) is 6.26. The molecule has 3 aliphatic rings. The predicted molar refractivity (Wildman–Crippen MR) is 132 cm³/mol. The Labute approximate surface area is 192 Å². The van der Waals surface area contributed by atoms with Crippen LogP contribution in [0, 0.1) is 11.8 Å². The number of nitrogens with one attached hydrogen (secondary N) is 4. The van der Waals surface area contributed by atoms with Gasteiger partial charge in [-0.1, -0.05) is 19.4 Å². The van der Waals surface area contributed by atoms with Gasteiger partial charge in [0.2, 0.25) is 5.91 Å². The minimum Gasteiger partial charge on any atom is -0.366 e. The zero-order valence-electron chi connectivity index (χ0n) is 18.5. The number of benzene rings is 1. The van der Waals surface area contributed by atoms with Crippen LogP contribution in [0.5, 0.6) is 0 Å². The second-order valence-corrected chi connectivity index (χ2v) is 10.2. The number of fused-ring (bicyclic) bond motifs is 2. The minimum absolute atomic E-state index is 0.0216. The maximum Gasteiger partial charge on any atom is 0.228 e. The van der Waals surface area contributed by atoms with Gasteiger partial charge in [-0.3, -0.25) is 9.59 Å². The maximum atomic E-state index is 13.2. The molecule has 168 valence electrons. The van der Waals surface area contributed by atoms with Crippen molar-refractivity contribution >= 4 is 50.8 Å². The van der Waals surface area contributed by atoms with Gasteiger partial charge in [0, 0.05) is 33.7 Å². The van der Waals surface area contributed by atoms with Gasteiger partial charge in [-0.05, 0) is 62.8 Å². The van der Waals surface area contributed by atoms with E-state index in [0.29, 0.717) is 0 Å². The molecule has 32 heavy (non-hydrogen) atoms. The van der Waals surface area contributed by atoms with Gasteiger partial charge in [0.25, 0.3) is 0 Å². The molecule has 1 aromatic carbocycles. The number of hydrogen-bond acceptors (Lipinski definition) is 6. The molecule has 2 aromatic rings. The van der Waals surface area contributed by atoms with E-state index in [-0.39, 0.29) is 23.5 Å². The van der Waals surface area contributed by atoms with E-state index < -0.39 is 0 Å². The Kier molecular flexibility index (Phi) is 5.67. The van der Waals surface area contributed by atoms with Gasteiger partial charge < -0.3 is 21.3 Å². The van der Waals surface area contributed by atoms with Gasteiger partial charge in [0.1, 0.15) is 10.8 Å². The lowest BCUT2D eigenvalue weighted by Crippen LogP contribution is -2.35. The number of thiophene rings is 1. The van der Waals surface area contributed by atoms with Gasteiger partial charge in [0.15, 0.2) is 0 Å². The van der Waals surface area contributed by atoms with Crippen LogP contribution in [0.25, 0.3) is 5.70 Å². The molecule has 2 atom stereocenters. The van der Waals surface area contributed by atoms with E-state index in [1.165, 1.54) is 10.4 Å². The van der Waals surface area contributed by atoms with Crippen molar-refractivity contribution in [3.05, 3.63) is 40.8 Å². The highest BCUT2D eigenvalue weighted by atomic mass is 32.1. The first-order valence-corrected chi connectivity index (χ1v) is 12.4. The van der Waals surface area contributed by atoms with E-state index in [1.54, 1.807) is 18.3 Å². The third-order valence-electron chi connectivity index (χ3n) is 6.96. The van der Waals surface area contributed by atoms with Crippen molar-refractivity contribution in [1.29, 1.82) is 0 Å². The molecule has 2 heterocycles. The van der Waals surface area contributed by atoms with Crippen LogP contribution in [-0.4, -0.2) is 18.4 Å². The second kappa shape index (κ2) is 8.62. The van der Waals surface area contributed by atoms with Crippen LogP contribution in [0.4, 0.5) is 22.1 Å². The number of ketones is 1. The van der Waals surface area contributed by atoms with Crippen LogP contribution in [0.3, 0.4) is 0 Å². The van der Waals surface area contributed by atoms with E-state index in [4.69, 9.17) is 0 Å². The molecule has 1 saturated carbocycles. The SMILES string of the molecule is C=C(Nc1ccc2c(c1)NCN2)c1c(NC(=O)C2CCCCC2C(C)=O)sc2c1CCC2. The first-order valence-electron chi connectivity index (χ1n) is 11.5. The van der Waals surface area contributed by atoms with Crippen molar-refractivity contribution in [2.45, 2.75) is 51.9 Å². The molecule has 5 rings (SSSR count). The Morgan fingerprint density at radius 1 is 1.03 bits per heavy atom. The highest BCUT2D eigenvalue weighted by Crippen LogP contribution is 2.43. The number of carbonyl (C=O) groups excluding carboxylic acids is 2. The second-order valence-electron chi connectivity index (χ2n) is 9.05. The molecule has 2 unspecified atom stereocenters. The average molecular weight is 451 g/mol. The fraction of sp³-hybridized carbons (Fsp3) is 0.440. The van der Waals surface area contributed by atoms with Crippen molar-refractivity contribution in [2.24, 2.45) is 11.8 Å². The van der Waals surface area contributed by atoms with Gasteiger partial charge in [-0.15, -0.1) is 11.3 Å². The minimum atomic E-state index is -0.234. The Hall–Kier alpha value is -2.80. The molecule has 0 radical (unpaired) electrons. The van der Waals surface area contributed by atoms with E-state index in [0.717, 1.165) is 84.9 Å². The summed E-state index contributed by atoms with van der Waals surface area (Å²) in [5, 5.41) is 14.1. The third-order valence-corrected chi connectivity index (χ3v) is 8.16. The Balaban J connectivity index is 1.39. The normalized spacial score (nSPS) is 21.2. The van der Waals surface area contributed by atoms with E-state index in [9.17, 15) is 9.59 Å². The van der Waals surface area contributed by atoms with Crippen molar-refractivity contribution in [3.8, 4) is 0 Å². The molecular formula is C25H30N4O2S. The lowest BCUT2D eigenvalue weighted by atomic mass is 9.77. The Morgan fingerprint density at radius 3 is 2.62 bits per heavy atom. The summed E-state index contributed by atoms with van der Waals surface area (Å²) in [6.07, 6.45) is 6.82. The fourth-order valence-corrected chi connectivity index (χ4v) is 6.66. The Bertz CT molecular complexity index is 1090. The number of aryl methyl sites for hydroxylation is 1. The van der Waals surface area contributed by atoms with Crippen LogP contribution in [0.15, 0.2) is 24.8 Å². The van der Waals surface area contributed by atoms with Crippen LogP contribution in [0.1, 0.15) is 55.0 Å². The molecule has 1 aromatic heterocycles. The van der Waals surface area contributed by atoms with E-state index >= 15 is 0 Å². The fourth-order valence-electron chi connectivity index (χ4n) is 5.34. The van der Waals surface area contributed by atoms with Gasteiger partial charge in [-0.2, -0.15) is 0 Å². The van der Waals surface area contributed by atoms with Crippen molar-refractivity contribution in [1.82, 2.24) is 0 Å². The summed E-state index contributed by atoms with van der Waals surface area (Å²) in [5.74, 6) is -0.286. The monoisotopic (exact) mass is 450 g/mol. The largest absolute Gasteiger partial charge is 0.366 e. The van der Waals surface area contributed by atoms with E-state index in [1.807, 2.05) is 6.07 Å². The molecule has 2 aliphatic carbocycles. The first kappa shape index (κ1) is 21.1. The van der Waals surface area contributed by atoms with Crippen LogP contribution >= 0.6 is 11.3 Å². The molecule has 0 saturated heterocycles. The molecule has 6 nitrogen and oxygen atoms in total. The number of rotatable bonds is 6. The Morgan fingerprint density at radius 2 is 1.81 bits per heavy atom. The molecule has 0 spiro atoms. The van der Waals surface area contributed by atoms with Crippen LogP contribution in [-0.2, 0) is 22.4 Å². The lowest BCUT2D eigenvalue weighted by Gasteiger charge is -2.28. The quantitative estimate of drug-likeness (QED) is 0.471. The highest BCUT2D eigenvalue weighted by molar-refractivity contribution is 7.16.